The molecular formula is C26H38N4O2S. The summed E-state index contributed by atoms with van der Waals surface area (Å²) in [5.41, 5.74) is 0. The molecule has 1 aliphatic heterocycles. The maximum absolute atomic E-state index is 12.2. The molecule has 1 aromatic heterocycles. The average molecular weight is 471 g/mol. The minimum Gasteiger partial charge on any atom is -0.446 e. The van der Waals surface area contributed by atoms with Gasteiger partial charge >= 0.3 is 6.09 Å². The van der Waals surface area contributed by atoms with Crippen LogP contribution < -0.4 is 10.2 Å². The number of aromatic nitrogens is 1. The van der Waals surface area contributed by atoms with Crippen LogP contribution in [-0.2, 0) is 4.74 Å². The lowest BCUT2D eigenvalue weighted by molar-refractivity contribution is 0.0584. The molecule has 1 aromatic carbocycles. The van der Waals surface area contributed by atoms with Crippen molar-refractivity contribution in [2.24, 2.45) is 5.92 Å². The molecule has 1 N–H and O–H groups in total. The number of fused-ring (bicyclic) bond motifs is 1. The minimum atomic E-state index is -0.184. The summed E-state index contributed by atoms with van der Waals surface area (Å²) in [7, 11) is 0. The maximum atomic E-state index is 12.2. The van der Waals surface area contributed by atoms with Gasteiger partial charge in [0.25, 0.3) is 0 Å². The molecule has 2 aliphatic carbocycles. The van der Waals surface area contributed by atoms with Crippen molar-refractivity contribution in [3.63, 3.8) is 0 Å². The molecule has 0 unspecified atom stereocenters. The second-order valence-electron chi connectivity index (χ2n) is 10.1. The van der Waals surface area contributed by atoms with Crippen molar-refractivity contribution in [2.45, 2.75) is 76.4 Å². The van der Waals surface area contributed by atoms with Crippen molar-refractivity contribution >= 4 is 33.5 Å². The molecule has 180 valence electrons. The fourth-order valence-corrected chi connectivity index (χ4v) is 6.58. The molecule has 0 spiro atoms. The van der Waals surface area contributed by atoms with Crippen LogP contribution in [0.4, 0.5) is 10.6 Å². The van der Waals surface area contributed by atoms with Crippen molar-refractivity contribution < 1.29 is 9.53 Å². The summed E-state index contributed by atoms with van der Waals surface area (Å²) in [6.45, 7) is 5.54. The molecule has 1 saturated heterocycles. The fraction of sp³-hybridized carbons (Fsp3) is 0.692. The summed E-state index contributed by atoms with van der Waals surface area (Å²) >= 11 is 1.61. The lowest BCUT2D eigenvalue weighted by atomic mass is 9.85. The van der Waals surface area contributed by atoms with E-state index in [2.05, 4.69) is 39.4 Å². The van der Waals surface area contributed by atoms with Crippen LogP contribution in [0, 0.1) is 5.92 Å². The second kappa shape index (κ2) is 11.0. The third-order valence-corrected chi connectivity index (χ3v) is 8.70. The van der Waals surface area contributed by atoms with Gasteiger partial charge in [-0.2, -0.15) is 4.37 Å². The number of carbonyl (C=O) groups excluding carboxylic acids is 1. The normalized spacial score (nSPS) is 25.3. The van der Waals surface area contributed by atoms with Gasteiger partial charge in [0.2, 0.25) is 0 Å². The standard InChI is InChI=1S/C26H38N4O2S/c31-26(27-21-6-2-1-3-7-21)32-22-12-10-20(11-13-22)14-15-29-16-18-30(19-17-29)25-23-8-4-5-9-24(23)33-28-25/h4-5,8-9,20-22H,1-3,6-7,10-19H2,(H,27,31). The maximum Gasteiger partial charge on any atom is 0.407 e. The highest BCUT2D eigenvalue weighted by atomic mass is 32.1. The van der Waals surface area contributed by atoms with Crippen LogP contribution in [0.2, 0.25) is 0 Å². The van der Waals surface area contributed by atoms with E-state index in [4.69, 9.17) is 9.11 Å². The minimum absolute atomic E-state index is 0.112. The highest BCUT2D eigenvalue weighted by Crippen LogP contribution is 2.31. The van der Waals surface area contributed by atoms with Crippen LogP contribution in [0.15, 0.2) is 24.3 Å². The van der Waals surface area contributed by atoms with E-state index >= 15 is 0 Å². The zero-order valence-corrected chi connectivity index (χ0v) is 20.5. The van der Waals surface area contributed by atoms with E-state index in [9.17, 15) is 4.79 Å². The molecule has 1 amide bonds. The highest BCUT2D eigenvalue weighted by molar-refractivity contribution is 7.13. The SMILES string of the molecule is O=C(NC1CCCCC1)OC1CCC(CCN2CCN(c3nsc4ccccc34)CC2)CC1. The van der Waals surface area contributed by atoms with Gasteiger partial charge in [-0.15, -0.1) is 0 Å². The Morgan fingerprint density at radius 1 is 1.00 bits per heavy atom. The predicted octanol–water partition coefficient (Wildman–Crippen LogP) is 5.43. The Kier molecular flexibility index (Phi) is 7.67. The molecule has 3 fully saturated rings. The number of piperazine rings is 1. The number of hydrogen-bond donors (Lipinski definition) is 1. The molecule has 33 heavy (non-hydrogen) atoms. The van der Waals surface area contributed by atoms with Crippen LogP contribution in [-0.4, -0.2) is 60.2 Å². The van der Waals surface area contributed by atoms with E-state index < -0.39 is 0 Å². The number of nitrogens with one attached hydrogen (secondary N) is 1. The average Bonchev–Trinajstić information content (AvgIpc) is 3.29. The zero-order chi connectivity index (χ0) is 22.5. The van der Waals surface area contributed by atoms with Crippen LogP contribution in [0.1, 0.15) is 64.2 Å². The van der Waals surface area contributed by atoms with Gasteiger partial charge in [0.15, 0.2) is 0 Å². The summed E-state index contributed by atoms with van der Waals surface area (Å²) in [6.07, 6.45) is 11.6. The zero-order valence-electron chi connectivity index (χ0n) is 19.7. The quantitative estimate of drug-likeness (QED) is 0.610. The topological polar surface area (TPSA) is 57.7 Å². The van der Waals surface area contributed by atoms with Gasteiger partial charge in [0.05, 0.1) is 4.70 Å². The van der Waals surface area contributed by atoms with Crippen molar-refractivity contribution in [2.75, 3.05) is 37.6 Å². The molecule has 0 bridgehead atoms. The number of rotatable bonds is 6. The number of ether oxygens (including phenoxy) is 1. The summed E-state index contributed by atoms with van der Waals surface area (Å²) in [5.74, 6) is 1.94. The summed E-state index contributed by atoms with van der Waals surface area (Å²) < 4.78 is 11.8. The molecule has 2 heterocycles. The molecule has 6 nitrogen and oxygen atoms in total. The number of anilines is 1. The first-order valence-corrected chi connectivity index (χ1v) is 13.8. The predicted molar refractivity (Wildman–Crippen MR) is 135 cm³/mol. The Labute approximate surface area is 201 Å². The van der Waals surface area contributed by atoms with E-state index in [-0.39, 0.29) is 12.2 Å². The monoisotopic (exact) mass is 470 g/mol. The van der Waals surface area contributed by atoms with Gasteiger partial charge in [-0.1, -0.05) is 31.4 Å². The first-order chi connectivity index (χ1) is 16.2. The van der Waals surface area contributed by atoms with Gasteiger partial charge in [-0.05, 0) is 81.1 Å². The lowest BCUT2D eigenvalue weighted by Crippen LogP contribution is -2.47. The van der Waals surface area contributed by atoms with E-state index in [1.54, 1.807) is 11.5 Å². The van der Waals surface area contributed by atoms with Gasteiger partial charge < -0.3 is 15.0 Å². The number of amides is 1. The number of nitrogens with zero attached hydrogens (tertiary/aromatic N) is 3. The Balaban J connectivity index is 0.985. The van der Waals surface area contributed by atoms with Crippen molar-refractivity contribution in [3.05, 3.63) is 24.3 Å². The molecule has 5 rings (SSSR count). The Bertz CT molecular complexity index is 897. The number of benzene rings is 1. The number of alkyl carbamates (subject to hydrolysis) is 1. The Hall–Kier alpha value is -1.86. The molecule has 0 radical (unpaired) electrons. The second-order valence-corrected chi connectivity index (χ2v) is 11.0. The molecule has 3 aliphatic rings. The van der Waals surface area contributed by atoms with Crippen molar-refractivity contribution in [1.82, 2.24) is 14.6 Å². The summed E-state index contributed by atoms with van der Waals surface area (Å²) in [5, 5.41) is 4.39. The molecule has 2 aromatic rings. The third kappa shape index (κ3) is 5.99. The van der Waals surface area contributed by atoms with Crippen LogP contribution in [0.5, 0.6) is 0 Å². The Morgan fingerprint density at radius 2 is 1.76 bits per heavy atom. The van der Waals surface area contributed by atoms with Gasteiger partial charge in [0, 0.05) is 37.6 Å². The molecular weight excluding hydrogens is 432 g/mol. The van der Waals surface area contributed by atoms with Crippen molar-refractivity contribution in [3.8, 4) is 0 Å². The van der Waals surface area contributed by atoms with Gasteiger partial charge in [-0.25, -0.2) is 4.79 Å². The lowest BCUT2D eigenvalue weighted by Gasteiger charge is -2.36. The highest BCUT2D eigenvalue weighted by Gasteiger charge is 2.26. The third-order valence-electron chi connectivity index (χ3n) is 7.88. The number of carbonyl (C=O) groups is 1. The first kappa shape index (κ1) is 22.9. The van der Waals surface area contributed by atoms with E-state index in [0.29, 0.717) is 6.04 Å². The van der Waals surface area contributed by atoms with Gasteiger partial charge in [-0.3, -0.25) is 4.90 Å². The molecule has 0 atom stereocenters. The van der Waals surface area contributed by atoms with E-state index in [0.717, 1.165) is 57.8 Å². The smallest absolute Gasteiger partial charge is 0.407 e. The van der Waals surface area contributed by atoms with E-state index in [1.165, 1.54) is 61.0 Å². The molecule has 7 heteroatoms. The van der Waals surface area contributed by atoms with Crippen LogP contribution in [0.25, 0.3) is 10.1 Å². The molecule has 2 saturated carbocycles. The largest absolute Gasteiger partial charge is 0.446 e. The fourth-order valence-electron chi connectivity index (χ4n) is 5.79. The van der Waals surface area contributed by atoms with Gasteiger partial charge in [0.1, 0.15) is 11.9 Å². The van der Waals surface area contributed by atoms with Crippen molar-refractivity contribution in [1.29, 1.82) is 0 Å². The first-order valence-electron chi connectivity index (χ1n) is 13.0. The Morgan fingerprint density at radius 3 is 2.55 bits per heavy atom. The summed E-state index contributed by atoms with van der Waals surface area (Å²) in [4.78, 5) is 17.3. The van der Waals surface area contributed by atoms with Crippen LogP contribution >= 0.6 is 11.5 Å². The van der Waals surface area contributed by atoms with E-state index in [1.807, 2.05) is 0 Å². The summed E-state index contributed by atoms with van der Waals surface area (Å²) in [6, 6.07) is 8.89. The van der Waals surface area contributed by atoms with Crippen LogP contribution in [0.3, 0.4) is 0 Å². The number of hydrogen-bond acceptors (Lipinski definition) is 6.